The van der Waals surface area contributed by atoms with Crippen molar-refractivity contribution in [3.8, 4) is 0 Å². The second-order valence-electron chi connectivity index (χ2n) is 6.40. The minimum Gasteiger partial charge on any atom is -0.385 e. The van der Waals surface area contributed by atoms with Crippen molar-refractivity contribution in [2.75, 3.05) is 60.1 Å². The van der Waals surface area contributed by atoms with Gasteiger partial charge in [0.25, 0.3) is 0 Å². The second-order valence-corrected chi connectivity index (χ2v) is 6.40. The third kappa shape index (κ3) is 7.36. The topological polar surface area (TPSA) is 49.3 Å². The molecule has 1 unspecified atom stereocenters. The van der Waals surface area contributed by atoms with Crippen molar-refractivity contribution in [3.63, 3.8) is 0 Å². The Balaban J connectivity index is 2.30. The van der Waals surface area contributed by atoms with Crippen LogP contribution < -0.4 is 5.32 Å². The van der Waals surface area contributed by atoms with Gasteiger partial charge in [-0.15, -0.1) is 0 Å². The summed E-state index contributed by atoms with van der Waals surface area (Å²) < 4.78 is 11.0. The third-order valence-corrected chi connectivity index (χ3v) is 4.79. The Morgan fingerprint density at radius 1 is 1.25 bits per heavy atom. The Morgan fingerprint density at radius 2 is 1.92 bits per heavy atom. The molecule has 0 bridgehead atoms. The van der Waals surface area contributed by atoms with Crippen LogP contribution in [-0.4, -0.2) is 88.0 Å². The molecule has 0 radical (unpaired) electrons. The fourth-order valence-electron chi connectivity index (χ4n) is 3.23. The summed E-state index contributed by atoms with van der Waals surface area (Å²) >= 11 is 0. The van der Waals surface area contributed by atoms with Crippen molar-refractivity contribution in [1.82, 2.24) is 15.1 Å². The van der Waals surface area contributed by atoms with Crippen molar-refractivity contribution in [3.05, 3.63) is 0 Å². The fourth-order valence-corrected chi connectivity index (χ4v) is 3.23. The number of hydrogen-bond donors (Lipinski definition) is 1. The van der Waals surface area contributed by atoms with Gasteiger partial charge in [-0.25, -0.2) is 0 Å². The first-order valence-electron chi connectivity index (χ1n) is 9.46. The van der Waals surface area contributed by atoms with Crippen LogP contribution in [0.25, 0.3) is 0 Å². The average Bonchev–Trinajstić information content (AvgIpc) is 2.61. The largest absolute Gasteiger partial charge is 0.385 e. The van der Waals surface area contributed by atoms with E-state index >= 15 is 0 Å². The van der Waals surface area contributed by atoms with E-state index in [1.54, 1.807) is 7.11 Å². The third-order valence-electron chi connectivity index (χ3n) is 4.79. The molecule has 0 aromatic rings. The molecule has 1 heterocycles. The van der Waals surface area contributed by atoms with Crippen LogP contribution in [0, 0.1) is 0 Å². The lowest BCUT2D eigenvalue weighted by Crippen LogP contribution is -2.50. The lowest BCUT2D eigenvalue weighted by molar-refractivity contribution is 0.00986. The predicted molar refractivity (Wildman–Crippen MR) is 101 cm³/mol. The van der Waals surface area contributed by atoms with Crippen molar-refractivity contribution >= 4 is 5.96 Å². The highest BCUT2D eigenvalue weighted by atomic mass is 16.5. The molecule has 6 heteroatoms. The molecule has 1 fully saturated rings. The van der Waals surface area contributed by atoms with E-state index in [1.807, 2.05) is 7.05 Å². The van der Waals surface area contributed by atoms with Gasteiger partial charge >= 0.3 is 0 Å². The molecular formula is C18H38N4O2. The van der Waals surface area contributed by atoms with Crippen molar-refractivity contribution in [2.45, 2.75) is 52.2 Å². The summed E-state index contributed by atoms with van der Waals surface area (Å²) in [5, 5.41) is 3.54. The molecule has 1 N–H and O–H groups in total. The number of guanidine groups is 1. The summed E-state index contributed by atoms with van der Waals surface area (Å²) in [7, 11) is 3.61. The number of nitrogens with zero attached hydrogens (tertiary/aromatic N) is 3. The van der Waals surface area contributed by atoms with E-state index < -0.39 is 0 Å². The Bertz CT molecular complexity index is 340. The van der Waals surface area contributed by atoms with Gasteiger partial charge < -0.3 is 19.7 Å². The monoisotopic (exact) mass is 342 g/mol. The molecule has 1 rings (SSSR count). The first kappa shape index (κ1) is 21.2. The number of rotatable bonds is 10. The zero-order valence-corrected chi connectivity index (χ0v) is 16.4. The number of piperidine rings is 1. The van der Waals surface area contributed by atoms with Gasteiger partial charge in [-0.1, -0.05) is 13.8 Å². The SMILES string of the molecule is CCN(CC)C(C)CNC(=NC)N1CCC(OCCCOC)CC1. The van der Waals surface area contributed by atoms with E-state index in [9.17, 15) is 0 Å². The van der Waals surface area contributed by atoms with Gasteiger partial charge in [0.2, 0.25) is 0 Å². The van der Waals surface area contributed by atoms with Crippen LogP contribution >= 0.6 is 0 Å². The normalized spacial score (nSPS) is 18.2. The summed E-state index contributed by atoms with van der Waals surface area (Å²) in [5.74, 6) is 1.02. The fraction of sp³-hybridized carbons (Fsp3) is 0.944. The lowest BCUT2D eigenvalue weighted by atomic mass is 10.1. The van der Waals surface area contributed by atoms with Crippen LogP contribution in [0.3, 0.4) is 0 Å². The van der Waals surface area contributed by atoms with Crippen molar-refractivity contribution in [1.29, 1.82) is 0 Å². The van der Waals surface area contributed by atoms with Crippen molar-refractivity contribution in [2.24, 2.45) is 4.99 Å². The predicted octanol–water partition coefficient (Wildman–Crippen LogP) is 1.81. The highest BCUT2D eigenvalue weighted by Crippen LogP contribution is 2.14. The van der Waals surface area contributed by atoms with Gasteiger partial charge in [0.1, 0.15) is 0 Å². The van der Waals surface area contributed by atoms with Gasteiger partial charge in [-0.05, 0) is 39.3 Å². The molecule has 0 aromatic carbocycles. The van der Waals surface area contributed by atoms with E-state index in [4.69, 9.17) is 9.47 Å². The maximum Gasteiger partial charge on any atom is 0.193 e. The van der Waals surface area contributed by atoms with E-state index in [1.165, 1.54) is 0 Å². The lowest BCUT2D eigenvalue weighted by Gasteiger charge is -2.35. The van der Waals surface area contributed by atoms with Crippen LogP contribution in [-0.2, 0) is 9.47 Å². The molecule has 1 atom stereocenters. The molecule has 1 aliphatic rings. The Hall–Kier alpha value is -0.850. The summed E-state index contributed by atoms with van der Waals surface area (Å²) in [6, 6.07) is 0.512. The number of nitrogens with one attached hydrogen (secondary N) is 1. The van der Waals surface area contributed by atoms with Crippen LogP contribution in [0.15, 0.2) is 4.99 Å². The molecular weight excluding hydrogens is 304 g/mol. The Morgan fingerprint density at radius 3 is 2.46 bits per heavy atom. The Labute approximate surface area is 148 Å². The van der Waals surface area contributed by atoms with Crippen LogP contribution in [0.2, 0.25) is 0 Å². The molecule has 1 saturated heterocycles. The standard InChI is InChI=1S/C18H38N4O2/c1-6-21(7-2)16(3)15-20-18(19-4)22-11-9-17(10-12-22)24-14-8-13-23-5/h16-17H,6-15H2,1-5H3,(H,19,20). The molecule has 142 valence electrons. The number of aliphatic imine (C=N–C) groups is 1. The van der Waals surface area contributed by atoms with Crippen LogP contribution in [0.1, 0.15) is 40.0 Å². The van der Waals surface area contributed by atoms with Gasteiger partial charge in [-0.2, -0.15) is 0 Å². The minimum absolute atomic E-state index is 0.380. The highest BCUT2D eigenvalue weighted by Gasteiger charge is 2.22. The molecule has 6 nitrogen and oxygen atoms in total. The first-order valence-corrected chi connectivity index (χ1v) is 9.46. The van der Waals surface area contributed by atoms with E-state index in [-0.39, 0.29) is 0 Å². The molecule has 0 saturated carbocycles. The molecule has 0 aliphatic carbocycles. The number of hydrogen-bond acceptors (Lipinski definition) is 4. The summed E-state index contributed by atoms with van der Waals surface area (Å²) in [4.78, 5) is 9.27. The minimum atomic E-state index is 0.380. The van der Waals surface area contributed by atoms with E-state index in [2.05, 4.69) is 40.9 Å². The smallest absolute Gasteiger partial charge is 0.193 e. The van der Waals surface area contributed by atoms with Crippen LogP contribution in [0.5, 0.6) is 0 Å². The average molecular weight is 343 g/mol. The number of likely N-dealkylation sites (N-methyl/N-ethyl adjacent to an activating group) is 1. The molecule has 1 aliphatic heterocycles. The summed E-state index contributed by atoms with van der Waals surface area (Å²) in [6.07, 6.45) is 3.49. The van der Waals surface area contributed by atoms with Crippen molar-refractivity contribution < 1.29 is 9.47 Å². The van der Waals surface area contributed by atoms with Gasteiger partial charge in [0.05, 0.1) is 6.10 Å². The zero-order chi connectivity index (χ0) is 17.8. The molecule has 24 heavy (non-hydrogen) atoms. The summed E-state index contributed by atoms with van der Waals surface area (Å²) in [6.45, 7) is 13.4. The molecule has 0 amide bonds. The summed E-state index contributed by atoms with van der Waals surface area (Å²) in [5.41, 5.74) is 0. The van der Waals surface area contributed by atoms with E-state index in [0.29, 0.717) is 12.1 Å². The number of methoxy groups -OCH3 is 1. The zero-order valence-electron chi connectivity index (χ0n) is 16.4. The van der Waals surface area contributed by atoms with Crippen LogP contribution in [0.4, 0.5) is 0 Å². The molecule has 0 aromatic heterocycles. The van der Waals surface area contributed by atoms with Gasteiger partial charge in [-0.3, -0.25) is 9.89 Å². The van der Waals surface area contributed by atoms with Gasteiger partial charge in [0.15, 0.2) is 5.96 Å². The number of ether oxygens (including phenoxy) is 2. The number of likely N-dealkylation sites (tertiary alicyclic amines) is 1. The molecule has 0 spiro atoms. The van der Waals surface area contributed by atoms with E-state index in [0.717, 1.165) is 71.2 Å². The highest BCUT2D eigenvalue weighted by molar-refractivity contribution is 5.80. The first-order chi connectivity index (χ1) is 11.7. The maximum atomic E-state index is 5.93. The Kier molecular flexibility index (Phi) is 11.0. The maximum absolute atomic E-state index is 5.93. The second kappa shape index (κ2) is 12.5. The quantitative estimate of drug-likeness (QED) is 0.373. The van der Waals surface area contributed by atoms with Gasteiger partial charge in [0, 0.05) is 53.0 Å².